The van der Waals surface area contributed by atoms with Crippen LogP contribution in [-0.2, 0) is 0 Å². The largest absolute Gasteiger partial charge is 0.490 e. The Kier molecular flexibility index (Phi) is 5.14. The smallest absolute Gasteiger partial charge is 0.336 e. The lowest BCUT2D eigenvalue weighted by Crippen LogP contribution is -2.09. The van der Waals surface area contributed by atoms with Crippen LogP contribution in [0.4, 0.5) is 0 Å². The molecule has 0 fully saturated rings. The third-order valence-corrected chi connectivity index (χ3v) is 6.00. The highest BCUT2D eigenvalue weighted by Gasteiger charge is 2.07. The molecule has 2 aromatic heterocycles. The van der Waals surface area contributed by atoms with Gasteiger partial charge < -0.3 is 13.9 Å². The van der Waals surface area contributed by atoms with Gasteiger partial charge >= 0.3 is 5.63 Å². The number of hydrogen-bond acceptors (Lipinski definition) is 6. The summed E-state index contributed by atoms with van der Waals surface area (Å²) < 4.78 is 18.1. The highest BCUT2D eigenvalue weighted by molar-refractivity contribution is 7.21. The van der Waals surface area contributed by atoms with Crippen molar-refractivity contribution in [2.24, 2.45) is 0 Å². The van der Waals surface area contributed by atoms with Gasteiger partial charge in [0.15, 0.2) is 0 Å². The molecule has 0 saturated carbocycles. The maximum Gasteiger partial charge on any atom is 0.336 e. The van der Waals surface area contributed by atoms with Crippen LogP contribution < -0.4 is 15.1 Å². The van der Waals surface area contributed by atoms with E-state index in [9.17, 15) is 4.79 Å². The zero-order chi connectivity index (χ0) is 21.2. The summed E-state index contributed by atoms with van der Waals surface area (Å²) >= 11 is 1.67. The predicted octanol–water partition coefficient (Wildman–Crippen LogP) is 5.84. The molecular formula is C25H19NO4S. The Labute approximate surface area is 182 Å². The first kappa shape index (κ1) is 19.3. The molecule has 0 bridgehead atoms. The summed E-state index contributed by atoms with van der Waals surface area (Å²) in [5.41, 5.74) is 3.07. The number of fused-ring (bicyclic) bond motifs is 2. The molecule has 5 rings (SSSR count). The van der Waals surface area contributed by atoms with Gasteiger partial charge in [0, 0.05) is 23.1 Å². The Balaban J connectivity index is 1.23. The first-order valence-corrected chi connectivity index (χ1v) is 10.7. The second kappa shape index (κ2) is 8.24. The van der Waals surface area contributed by atoms with E-state index in [2.05, 4.69) is 6.07 Å². The SMILES string of the molecule is Cc1cc(=O)oc2cc(OCCOc3cccc(-c4nc5ccccc5s4)c3)ccc12. The minimum Gasteiger partial charge on any atom is -0.490 e. The molecule has 0 aliphatic rings. The van der Waals surface area contributed by atoms with Gasteiger partial charge in [-0.25, -0.2) is 9.78 Å². The molecule has 5 aromatic rings. The number of aryl methyl sites for hydroxylation is 1. The molecular weight excluding hydrogens is 410 g/mol. The number of benzene rings is 3. The molecule has 0 aliphatic carbocycles. The molecule has 0 saturated heterocycles. The summed E-state index contributed by atoms with van der Waals surface area (Å²) in [6.45, 7) is 2.64. The maximum atomic E-state index is 11.6. The first-order chi connectivity index (χ1) is 15.2. The summed E-state index contributed by atoms with van der Waals surface area (Å²) in [4.78, 5) is 16.3. The van der Waals surface area contributed by atoms with Crippen LogP contribution in [0.15, 0.2) is 82.0 Å². The van der Waals surface area contributed by atoms with Crippen molar-refractivity contribution in [1.29, 1.82) is 0 Å². The van der Waals surface area contributed by atoms with Gasteiger partial charge in [0.2, 0.25) is 0 Å². The topological polar surface area (TPSA) is 61.6 Å². The van der Waals surface area contributed by atoms with Crippen molar-refractivity contribution in [1.82, 2.24) is 4.98 Å². The van der Waals surface area contributed by atoms with Gasteiger partial charge in [0.25, 0.3) is 0 Å². The van der Waals surface area contributed by atoms with Crippen LogP contribution in [0.1, 0.15) is 5.56 Å². The fourth-order valence-corrected chi connectivity index (χ4v) is 4.39. The van der Waals surface area contributed by atoms with Gasteiger partial charge in [0.1, 0.15) is 35.3 Å². The molecule has 0 aliphatic heterocycles. The van der Waals surface area contributed by atoms with Crippen LogP contribution in [0.5, 0.6) is 11.5 Å². The van der Waals surface area contributed by atoms with E-state index in [1.807, 2.05) is 61.5 Å². The van der Waals surface area contributed by atoms with Gasteiger partial charge in [-0.15, -0.1) is 11.3 Å². The zero-order valence-corrected chi connectivity index (χ0v) is 17.6. The summed E-state index contributed by atoms with van der Waals surface area (Å²) in [6.07, 6.45) is 0. The van der Waals surface area contributed by atoms with E-state index < -0.39 is 0 Å². The summed E-state index contributed by atoms with van der Waals surface area (Å²) in [5.74, 6) is 1.40. The van der Waals surface area contributed by atoms with Gasteiger partial charge in [-0.05, 0) is 48.9 Å². The third-order valence-electron chi connectivity index (χ3n) is 4.92. The van der Waals surface area contributed by atoms with Crippen LogP contribution in [0.3, 0.4) is 0 Å². The Hall–Kier alpha value is -3.64. The predicted molar refractivity (Wildman–Crippen MR) is 123 cm³/mol. The summed E-state index contributed by atoms with van der Waals surface area (Å²) in [5, 5.41) is 1.87. The molecule has 0 radical (unpaired) electrons. The molecule has 0 spiro atoms. The van der Waals surface area contributed by atoms with Crippen LogP contribution in [-0.4, -0.2) is 18.2 Å². The summed E-state index contributed by atoms with van der Waals surface area (Å²) in [6, 6.07) is 23.0. The molecule has 0 amide bonds. The average Bonchev–Trinajstić information content (AvgIpc) is 3.21. The van der Waals surface area contributed by atoms with Crippen molar-refractivity contribution in [3.63, 3.8) is 0 Å². The molecule has 0 unspecified atom stereocenters. The van der Waals surface area contributed by atoms with Crippen molar-refractivity contribution in [2.45, 2.75) is 6.92 Å². The minimum absolute atomic E-state index is 0.363. The molecule has 154 valence electrons. The molecule has 5 nitrogen and oxygen atoms in total. The lowest BCUT2D eigenvalue weighted by molar-refractivity contribution is 0.217. The zero-order valence-electron chi connectivity index (χ0n) is 16.8. The van der Waals surface area contributed by atoms with E-state index in [0.29, 0.717) is 24.5 Å². The number of rotatable bonds is 6. The van der Waals surface area contributed by atoms with Gasteiger partial charge in [-0.3, -0.25) is 0 Å². The van der Waals surface area contributed by atoms with Gasteiger partial charge in [-0.1, -0.05) is 24.3 Å². The quantitative estimate of drug-likeness (QED) is 0.251. The highest BCUT2D eigenvalue weighted by Crippen LogP contribution is 2.31. The molecule has 6 heteroatoms. The first-order valence-electron chi connectivity index (χ1n) is 9.92. The van der Waals surface area contributed by atoms with Crippen molar-refractivity contribution < 1.29 is 13.9 Å². The van der Waals surface area contributed by atoms with Crippen LogP contribution in [0.25, 0.3) is 31.8 Å². The minimum atomic E-state index is -0.363. The molecule has 2 heterocycles. The van der Waals surface area contributed by atoms with Crippen molar-refractivity contribution >= 4 is 32.5 Å². The van der Waals surface area contributed by atoms with Crippen LogP contribution in [0, 0.1) is 6.92 Å². The van der Waals surface area contributed by atoms with E-state index in [-0.39, 0.29) is 5.63 Å². The normalized spacial score (nSPS) is 11.1. The lowest BCUT2D eigenvalue weighted by Gasteiger charge is -2.10. The number of para-hydroxylation sites is 1. The Morgan fingerprint density at radius 2 is 1.71 bits per heavy atom. The van der Waals surface area contributed by atoms with Crippen molar-refractivity contribution in [3.05, 3.63) is 88.8 Å². The highest BCUT2D eigenvalue weighted by atomic mass is 32.1. The maximum absolute atomic E-state index is 11.6. The Morgan fingerprint density at radius 1 is 0.903 bits per heavy atom. The number of nitrogens with zero attached hydrogens (tertiary/aromatic N) is 1. The monoisotopic (exact) mass is 429 g/mol. The molecule has 0 N–H and O–H groups in total. The Morgan fingerprint density at radius 3 is 2.55 bits per heavy atom. The molecule has 3 aromatic carbocycles. The lowest BCUT2D eigenvalue weighted by atomic mass is 10.1. The van der Waals surface area contributed by atoms with Crippen LogP contribution in [0.2, 0.25) is 0 Å². The molecule has 0 atom stereocenters. The standard InChI is InChI=1S/C25H19NO4S/c1-16-13-24(27)30-22-15-19(9-10-20(16)22)29-12-11-28-18-6-4-5-17(14-18)25-26-21-7-2-3-8-23(21)31-25/h2-10,13-15H,11-12H2,1H3. The number of ether oxygens (including phenoxy) is 2. The van der Waals surface area contributed by atoms with Crippen molar-refractivity contribution in [3.8, 4) is 22.1 Å². The Bertz CT molecular complexity index is 1400. The average molecular weight is 429 g/mol. The van der Waals surface area contributed by atoms with Crippen molar-refractivity contribution in [2.75, 3.05) is 13.2 Å². The van der Waals surface area contributed by atoms with E-state index in [0.717, 1.165) is 32.8 Å². The van der Waals surface area contributed by atoms with E-state index in [1.54, 1.807) is 17.4 Å². The fraction of sp³-hybridized carbons (Fsp3) is 0.120. The van der Waals surface area contributed by atoms with E-state index >= 15 is 0 Å². The van der Waals surface area contributed by atoms with E-state index in [1.165, 1.54) is 10.8 Å². The van der Waals surface area contributed by atoms with Gasteiger partial charge in [0.05, 0.1) is 10.2 Å². The van der Waals surface area contributed by atoms with E-state index in [4.69, 9.17) is 18.9 Å². The second-order valence-corrected chi connectivity index (χ2v) is 8.15. The van der Waals surface area contributed by atoms with Gasteiger partial charge in [-0.2, -0.15) is 0 Å². The number of aromatic nitrogens is 1. The second-order valence-electron chi connectivity index (χ2n) is 7.12. The van der Waals surface area contributed by atoms with Crippen LogP contribution >= 0.6 is 11.3 Å². The fourth-order valence-electron chi connectivity index (χ4n) is 3.43. The molecule has 31 heavy (non-hydrogen) atoms. The summed E-state index contributed by atoms with van der Waals surface area (Å²) in [7, 11) is 0. The number of hydrogen-bond donors (Lipinski definition) is 0. The number of thiazole rings is 1. The third kappa shape index (κ3) is 4.15.